The average molecular weight is 270 g/mol. The molecule has 1 aromatic heterocycles. The molecule has 1 fully saturated rings. The largest absolute Gasteiger partial charge is 0.348 e. The van der Waals surface area contributed by atoms with Gasteiger partial charge in [0, 0.05) is 18.7 Å². The van der Waals surface area contributed by atoms with E-state index in [9.17, 15) is 10.1 Å². The Morgan fingerprint density at radius 3 is 3.00 bits per heavy atom. The van der Waals surface area contributed by atoms with Crippen LogP contribution in [-0.4, -0.2) is 22.5 Å². The van der Waals surface area contributed by atoms with Crippen LogP contribution in [0.25, 0.3) is 0 Å². The molecule has 0 bridgehead atoms. The molecule has 0 amide bonds. The molecule has 1 atom stereocenters. The summed E-state index contributed by atoms with van der Waals surface area (Å²) in [6.45, 7) is 2.91. The van der Waals surface area contributed by atoms with Crippen molar-refractivity contribution < 1.29 is 4.92 Å². The van der Waals surface area contributed by atoms with Crippen molar-refractivity contribution in [2.24, 2.45) is 0 Å². The van der Waals surface area contributed by atoms with E-state index in [2.05, 4.69) is 11.9 Å². The van der Waals surface area contributed by atoms with Crippen LogP contribution in [0.4, 0.5) is 11.5 Å². The Kier molecular flexibility index (Phi) is 4.01. The molecular formula is C12H16ClN3O2. The first-order valence-corrected chi connectivity index (χ1v) is 6.59. The predicted molar refractivity (Wildman–Crippen MR) is 71.2 cm³/mol. The Bertz CT molecular complexity index is 453. The zero-order chi connectivity index (χ0) is 13.1. The van der Waals surface area contributed by atoms with Crippen LogP contribution in [0, 0.1) is 10.1 Å². The zero-order valence-corrected chi connectivity index (χ0v) is 11.1. The fourth-order valence-electron chi connectivity index (χ4n) is 2.48. The molecule has 2 heterocycles. The lowest BCUT2D eigenvalue weighted by Gasteiger charge is -2.35. The molecule has 0 aromatic carbocycles. The molecule has 5 nitrogen and oxygen atoms in total. The van der Waals surface area contributed by atoms with Crippen molar-refractivity contribution in [2.75, 3.05) is 11.4 Å². The van der Waals surface area contributed by atoms with Crippen LogP contribution in [0.15, 0.2) is 12.1 Å². The van der Waals surface area contributed by atoms with E-state index in [-0.39, 0.29) is 10.6 Å². The number of hydrogen-bond acceptors (Lipinski definition) is 4. The highest BCUT2D eigenvalue weighted by Gasteiger charge is 2.28. The summed E-state index contributed by atoms with van der Waals surface area (Å²) in [7, 11) is 0. The van der Waals surface area contributed by atoms with Gasteiger partial charge in [-0.1, -0.05) is 18.5 Å². The lowest BCUT2D eigenvalue weighted by Crippen LogP contribution is -2.40. The first-order chi connectivity index (χ1) is 8.63. The van der Waals surface area contributed by atoms with Crippen LogP contribution in [0.1, 0.15) is 32.6 Å². The fraction of sp³-hybridized carbons (Fsp3) is 0.583. The van der Waals surface area contributed by atoms with E-state index in [0.717, 1.165) is 25.8 Å². The average Bonchev–Trinajstić information content (AvgIpc) is 2.38. The molecule has 0 N–H and O–H groups in total. The van der Waals surface area contributed by atoms with Gasteiger partial charge in [0.1, 0.15) is 5.15 Å². The van der Waals surface area contributed by atoms with Crippen LogP contribution in [-0.2, 0) is 0 Å². The summed E-state index contributed by atoms with van der Waals surface area (Å²) < 4.78 is 0. The minimum Gasteiger partial charge on any atom is -0.348 e. The number of halogens is 1. The zero-order valence-electron chi connectivity index (χ0n) is 10.3. The van der Waals surface area contributed by atoms with E-state index in [0.29, 0.717) is 17.0 Å². The maximum atomic E-state index is 11.1. The van der Waals surface area contributed by atoms with Gasteiger partial charge in [-0.2, -0.15) is 0 Å². The highest BCUT2D eigenvalue weighted by Crippen LogP contribution is 2.33. The van der Waals surface area contributed by atoms with Crippen LogP contribution in [0.3, 0.4) is 0 Å². The molecule has 18 heavy (non-hydrogen) atoms. The second-order valence-corrected chi connectivity index (χ2v) is 4.87. The summed E-state index contributed by atoms with van der Waals surface area (Å²) in [6, 6.07) is 3.23. The van der Waals surface area contributed by atoms with Crippen molar-refractivity contribution in [3.63, 3.8) is 0 Å². The van der Waals surface area contributed by atoms with Crippen molar-refractivity contribution in [1.82, 2.24) is 4.98 Å². The van der Waals surface area contributed by atoms with Gasteiger partial charge in [-0.25, -0.2) is 4.98 Å². The fourth-order valence-corrected chi connectivity index (χ4v) is 2.62. The van der Waals surface area contributed by atoms with E-state index < -0.39 is 0 Å². The number of nitrogens with zero attached hydrogens (tertiary/aromatic N) is 3. The molecule has 0 spiro atoms. The van der Waals surface area contributed by atoms with Gasteiger partial charge in [0.2, 0.25) is 5.82 Å². The molecule has 6 heteroatoms. The van der Waals surface area contributed by atoms with E-state index in [1.165, 1.54) is 18.6 Å². The van der Waals surface area contributed by atoms with Crippen molar-refractivity contribution in [2.45, 2.75) is 38.6 Å². The maximum absolute atomic E-state index is 11.1. The smallest absolute Gasteiger partial charge is 0.311 e. The normalized spacial score (nSPS) is 19.9. The standard InChI is InChI=1S/C12H16ClN3O2/c1-2-9-5-3-4-8-15(9)12-10(16(17)18)6-7-11(13)14-12/h6-7,9H,2-5,8H2,1H3. The van der Waals surface area contributed by atoms with Gasteiger partial charge < -0.3 is 4.90 Å². The van der Waals surface area contributed by atoms with Gasteiger partial charge in [0.15, 0.2) is 0 Å². The first-order valence-electron chi connectivity index (χ1n) is 6.21. The second kappa shape index (κ2) is 5.52. The number of piperidine rings is 1. The molecule has 1 unspecified atom stereocenters. The quantitative estimate of drug-likeness (QED) is 0.479. The van der Waals surface area contributed by atoms with Crippen molar-refractivity contribution in [3.8, 4) is 0 Å². The van der Waals surface area contributed by atoms with Gasteiger partial charge >= 0.3 is 5.69 Å². The summed E-state index contributed by atoms with van der Waals surface area (Å²) in [6.07, 6.45) is 4.23. The van der Waals surface area contributed by atoms with Crippen molar-refractivity contribution >= 4 is 23.1 Å². The van der Waals surface area contributed by atoms with Crippen LogP contribution in [0.5, 0.6) is 0 Å². The van der Waals surface area contributed by atoms with Gasteiger partial charge in [0.25, 0.3) is 0 Å². The van der Waals surface area contributed by atoms with Crippen molar-refractivity contribution in [3.05, 3.63) is 27.4 Å². The molecule has 1 saturated heterocycles. The van der Waals surface area contributed by atoms with Gasteiger partial charge in [0.05, 0.1) is 4.92 Å². The Balaban J connectivity index is 2.41. The van der Waals surface area contributed by atoms with Gasteiger partial charge in [-0.15, -0.1) is 0 Å². The predicted octanol–water partition coefficient (Wildman–Crippen LogP) is 3.41. The summed E-state index contributed by atoms with van der Waals surface area (Å²) in [5.74, 6) is 0.416. The molecule has 1 aliphatic heterocycles. The van der Waals surface area contributed by atoms with Crippen molar-refractivity contribution in [1.29, 1.82) is 0 Å². The topological polar surface area (TPSA) is 59.3 Å². The minimum absolute atomic E-state index is 0.0414. The number of aromatic nitrogens is 1. The third-order valence-corrected chi connectivity index (χ3v) is 3.60. The Labute approximate surface area is 111 Å². The molecule has 1 aromatic rings. The minimum atomic E-state index is -0.389. The van der Waals surface area contributed by atoms with Gasteiger partial charge in [-0.05, 0) is 31.7 Å². The number of anilines is 1. The van der Waals surface area contributed by atoms with E-state index >= 15 is 0 Å². The van der Waals surface area contributed by atoms with E-state index in [1.807, 2.05) is 4.90 Å². The number of nitro groups is 1. The van der Waals surface area contributed by atoms with Crippen LogP contribution < -0.4 is 4.90 Å². The molecule has 0 saturated carbocycles. The molecule has 1 aliphatic rings. The summed E-state index contributed by atoms with van der Waals surface area (Å²) in [4.78, 5) is 16.9. The SMILES string of the molecule is CCC1CCCCN1c1nc(Cl)ccc1[N+](=O)[O-]. The number of rotatable bonds is 3. The lowest BCUT2D eigenvalue weighted by molar-refractivity contribution is -0.384. The highest BCUT2D eigenvalue weighted by molar-refractivity contribution is 6.29. The Hall–Kier alpha value is -1.36. The van der Waals surface area contributed by atoms with Crippen LogP contribution in [0.2, 0.25) is 5.15 Å². The van der Waals surface area contributed by atoms with Gasteiger partial charge in [-0.3, -0.25) is 10.1 Å². The highest BCUT2D eigenvalue weighted by atomic mass is 35.5. The molecule has 0 aliphatic carbocycles. The molecule has 98 valence electrons. The summed E-state index contributed by atoms with van der Waals surface area (Å²) in [5, 5.41) is 11.4. The molecule has 2 rings (SSSR count). The number of pyridine rings is 1. The molecule has 0 radical (unpaired) electrons. The Morgan fingerprint density at radius 1 is 1.56 bits per heavy atom. The second-order valence-electron chi connectivity index (χ2n) is 4.49. The Morgan fingerprint density at radius 2 is 2.33 bits per heavy atom. The first kappa shape index (κ1) is 13.1. The summed E-state index contributed by atoms with van der Waals surface area (Å²) >= 11 is 5.87. The monoisotopic (exact) mass is 269 g/mol. The van der Waals surface area contributed by atoms with Crippen LogP contribution >= 0.6 is 11.6 Å². The third-order valence-electron chi connectivity index (χ3n) is 3.39. The third kappa shape index (κ3) is 2.56. The summed E-state index contributed by atoms with van der Waals surface area (Å²) in [5.41, 5.74) is 0.0414. The van der Waals surface area contributed by atoms with E-state index in [4.69, 9.17) is 11.6 Å². The maximum Gasteiger partial charge on any atom is 0.311 e. The van der Waals surface area contributed by atoms with E-state index in [1.54, 1.807) is 0 Å². The lowest BCUT2D eigenvalue weighted by atomic mass is 10.00. The number of hydrogen-bond donors (Lipinski definition) is 0. The molecular weight excluding hydrogens is 254 g/mol.